The molecule has 0 radical (unpaired) electrons. The summed E-state index contributed by atoms with van der Waals surface area (Å²) in [4.78, 5) is 21.2. The third-order valence-electron chi connectivity index (χ3n) is 3.03. The van der Waals surface area contributed by atoms with Gasteiger partial charge in [0.15, 0.2) is 0 Å². The summed E-state index contributed by atoms with van der Waals surface area (Å²) in [5.41, 5.74) is -0.169. The van der Waals surface area contributed by atoms with E-state index in [9.17, 15) is 19.5 Å². The average molecular weight is 492 g/mol. The fourth-order valence-corrected chi connectivity index (χ4v) is 3.65. The molecular weight excluding hydrogens is 478 g/mol. The first-order valence-corrected chi connectivity index (χ1v) is 9.80. The molecule has 0 aliphatic carbocycles. The summed E-state index contributed by atoms with van der Waals surface area (Å²) >= 11 is 2.08. The molecule has 2 N–H and O–H groups in total. The van der Waals surface area contributed by atoms with Gasteiger partial charge in [0.25, 0.3) is 5.69 Å². The molecule has 2 aromatic carbocycles. The topological polar surface area (TPSA) is 128 Å². The number of nitro groups is 1. The van der Waals surface area contributed by atoms with E-state index in [1.54, 1.807) is 24.3 Å². The van der Waals surface area contributed by atoms with Crippen molar-refractivity contribution in [2.45, 2.75) is 13.0 Å². The lowest BCUT2D eigenvalue weighted by molar-refractivity contribution is -0.384. The van der Waals surface area contributed by atoms with Gasteiger partial charge in [0, 0.05) is 15.7 Å². The van der Waals surface area contributed by atoms with Gasteiger partial charge < -0.3 is 14.2 Å². The maximum Gasteiger partial charge on any atom is 0.513 e. The molecule has 0 fully saturated rings. The molecule has 2 atom stereocenters. The number of carboxylic acid groups (broad SMARTS) is 1. The number of non-ortho nitro benzene ring substituents is 1. The average Bonchev–Trinajstić information content (AvgIpc) is 2.57. The Morgan fingerprint density at radius 3 is 2.04 bits per heavy atom. The fourth-order valence-electron chi connectivity index (χ4n) is 1.77. The minimum atomic E-state index is -4.13. The van der Waals surface area contributed by atoms with Crippen molar-refractivity contribution in [2.24, 2.45) is 0 Å². The SMILES string of the molecule is CC(NP(=O)(Oc1ccc(I)cc1)Oc1ccc([N+](=O)[O-])cc1)C(=O)O. The van der Waals surface area contributed by atoms with Crippen LogP contribution in [0.2, 0.25) is 0 Å². The number of hydrogen-bond donors (Lipinski definition) is 2. The summed E-state index contributed by atoms with van der Waals surface area (Å²) in [5, 5.41) is 22.1. The molecule has 0 aromatic heterocycles. The summed E-state index contributed by atoms with van der Waals surface area (Å²) < 4.78 is 24.6. The van der Waals surface area contributed by atoms with E-state index in [0.717, 1.165) is 3.57 Å². The predicted molar refractivity (Wildman–Crippen MR) is 101 cm³/mol. The molecule has 0 amide bonds. The first kappa shape index (κ1) is 20.1. The van der Waals surface area contributed by atoms with Crippen LogP contribution in [0, 0.1) is 13.7 Å². The summed E-state index contributed by atoms with van der Waals surface area (Å²) in [5.74, 6) is -1.01. The van der Waals surface area contributed by atoms with Gasteiger partial charge in [0.2, 0.25) is 0 Å². The Morgan fingerprint density at radius 2 is 1.62 bits per heavy atom. The van der Waals surface area contributed by atoms with Crippen molar-refractivity contribution >= 4 is 42.0 Å². The minimum Gasteiger partial charge on any atom is -0.480 e. The normalized spacial score (nSPS) is 14.1. The van der Waals surface area contributed by atoms with E-state index in [2.05, 4.69) is 27.7 Å². The minimum absolute atomic E-state index is 0.0227. The molecule has 0 bridgehead atoms. The van der Waals surface area contributed by atoms with Crippen LogP contribution in [-0.2, 0) is 9.36 Å². The van der Waals surface area contributed by atoms with E-state index < -0.39 is 24.7 Å². The van der Waals surface area contributed by atoms with Crippen LogP contribution in [0.15, 0.2) is 48.5 Å². The first-order valence-electron chi connectivity index (χ1n) is 7.18. The van der Waals surface area contributed by atoms with Crippen LogP contribution in [0.3, 0.4) is 0 Å². The van der Waals surface area contributed by atoms with E-state index >= 15 is 0 Å². The number of rotatable bonds is 8. The predicted octanol–water partition coefficient (Wildman–Crippen LogP) is 3.83. The van der Waals surface area contributed by atoms with Crippen molar-refractivity contribution in [1.82, 2.24) is 5.09 Å². The maximum atomic E-state index is 13.0. The van der Waals surface area contributed by atoms with Gasteiger partial charge >= 0.3 is 13.7 Å². The van der Waals surface area contributed by atoms with E-state index in [-0.39, 0.29) is 17.2 Å². The number of carboxylic acids is 1. The molecule has 0 saturated heterocycles. The highest BCUT2D eigenvalue weighted by atomic mass is 127. The smallest absolute Gasteiger partial charge is 0.480 e. The zero-order chi connectivity index (χ0) is 19.3. The van der Waals surface area contributed by atoms with Crippen molar-refractivity contribution < 1.29 is 28.4 Å². The number of halogens is 1. The van der Waals surface area contributed by atoms with Gasteiger partial charge in [-0.15, -0.1) is 0 Å². The largest absolute Gasteiger partial charge is 0.513 e. The molecule has 26 heavy (non-hydrogen) atoms. The second-order valence-electron chi connectivity index (χ2n) is 5.07. The molecule has 0 aliphatic heterocycles. The Kier molecular flexibility index (Phi) is 6.57. The van der Waals surface area contributed by atoms with E-state index in [0.29, 0.717) is 0 Å². The van der Waals surface area contributed by atoms with Crippen LogP contribution in [0.5, 0.6) is 11.5 Å². The number of nitro benzene ring substituents is 1. The fraction of sp³-hybridized carbons (Fsp3) is 0.133. The number of aliphatic carboxylic acids is 1. The molecule has 2 unspecified atom stereocenters. The lowest BCUT2D eigenvalue weighted by Gasteiger charge is -2.22. The summed E-state index contributed by atoms with van der Waals surface area (Å²) in [7, 11) is -4.13. The van der Waals surface area contributed by atoms with E-state index in [4.69, 9.17) is 14.2 Å². The molecular formula is C15H14IN2O7P. The van der Waals surface area contributed by atoms with E-state index in [1.807, 2.05) is 0 Å². The third-order valence-corrected chi connectivity index (χ3v) is 5.36. The standard InChI is InChI=1S/C15H14IN2O7P/c1-10(15(19)20)17-26(23,24-13-6-2-11(16)3-7-13)25-14-8-4-12(5-9-14)18(21)22/h2-10H,1H3,(H,17,23)(H,19,20). The maximum absolute atomic E-state index is 13.0. The Hall–Kier alpha value is -2.17. The van der Waals surface area contributed by atoms with Crippen LogP contribution in [-0.4, -0.2) is 22.0 Å². The molecule has 2 rings (SSSR count). The number of nitrogens with one attached hydrogen (secondary N) is 1. The number of benzene rings is 2. The second-order valence-corrected chi connectivity index (χ2v) is 7.94. The highest BCUT2D eigenvalue weighted by Crippen LogP contribution is 2.45. The van der Waals surface area contributed by atoms with Gasteiger partial charge in [-0.3, -0.25) is 14.9 Å². The lowest BCUT2D eigenvalue weighted by Crippen LogP contribution is -2.34. The molecule has 0 saturated carbocycles. The third kappa shape index (κ3) is 5.68. The lowest BCUT2D eigenvalue weighted by atomic mass is 10.3. The monoisotopic (exact) mass is 492 g/mol. The molecule has 138 valence electrons. The van der Waals surface area contributed by atoms with E-state index in [1.165, 1.54) is 31.2 Å². The quantitative estimate of drug-likeness (QED) is 0.246. The van der Waals surface area contributed by atoms with Crippen LogP contribution >= 0.6 is 30.3 Å². The molecule has 9 nitrogen and oxygen atoms in total. The van der Waals surface area contributed by atoms with Crippen LogP contribution in [0.4, 0.5) is 5.69 Å². The Balaban J connectivity index is 2.26. The Morgan fingerprint density at radius 1 is 1.15 bits per heavy atom. The van der Waals surface area contributed by atoms with Crippen molar-refractivity contribution in [1.29, 1.82) is 0 Å². The highest BCUT2D eigenvalue weighted by molar-refractivity contribution is 14.1. The highest BCUT2D eigenvalue weighted by Gasteiger charge is 2.33. The van der Waals surface area contributed by atoms with Crippen molar-refractivity contribution in [3.63, 3.8) is 0 Å². The molecule has 0 aliphatic rings. The van der Waals surface area contributed by atoms with Gasteiger partial charge in [-0.05, 0) is 65.9 Å². The Bertz CT molecular complexity index is 842. The molecule has 0 spiro atoms. The van der Waals surface area contributed by atoms with Gasteiger partial charge in [-0.25, -0.2) is 4.57 Å². The van der Waals surface area contributed by atoms with Crippen LogP contribution < -0.4 is 14.1 Å². The zero-order valence-corrected chi connectivity index (χ0v) is 16.4. The van der Waals surface area contributed by atoms with Crippen molar-refractivity contribution in [2.75, 3.05) is 0 Å². The zero-order valence-electron chi connectivity index (χ0n) is 13.4. The summed E-state index contributed by atoms with van der Waals surface area (Å²) in [6.45, 7) is 1.28. The van der Waals surface area contributed by atoms with Gasteiger partial charge in [0.1, 0.15) is 17.5 Å². The summed E-state index contributed by atoms with van der Waals surface area (Å²) in [6.07, 6.45) is 0. The number of hydrogen-bond acceptors (Lipinski definition) is 6. The van der Waals surface area contributed by atoms with Gasteiger partial charge in [-0.1, -0.05) is 0 Å². The first-order chi connectivity index (χ1) is 12.2. The van der Waals surface area contributed by atoms with Crippen molar-refractivity contribution in [3.8, 4) is 11.5 Å². The molecule has 0 heterocycles. The molecule has 2 aromatic rings. The Labute approximate surface area is 162 Å². The van der Waals surface area contributed by atoms with Crippen LogP contribution in [0.1, 0.15) is 6.92 Å². The molecule has 11 heteroatoms. The van der Waals surface area contributed by atoms with Crippen molar-refractivity contribution in [3.05, 3.63) is 62.2 Å². The second kappa shape index (κ2) is 8.47. The van der Waals surface area contributed by atoms with Gasteiger partial charge in [0.05, 0.1) is 4.92 Å². The van der Waals surface area contributed by atoms with Crippen LogP contribution in [0.25, 0.3) is 0 Å². The summed E-state index contributed by atoms with van der Waals surface area (Å²) in [6, 6.07) is 10.2. The number of nitrogens with zero attached hydrogens (tertiary/aromatic N) is 1. The number of carbonyl (C=O) groups is 1. The van der Waals surface area contributed by atoms with Gasteiger partial charge in [-0.2, -0.15) is 5.09 Å².